The van der Waals surface area contributed by atoms with Crippen molar-refractivity contribution < 1.29 is 150 Å². The summed E-state index contributed by atoms with van der Waals surface area (Å²) in [6, 6.07) is 6.44. The fraction of sp³-hybridized carbons (Fsp3) is 0.450. The molecule has 12 heteroatoms. The second-order valence-electron chi connectivity index (χ2n) is 6.42. The maximum Gasteiger partial charge on any atom is 1.00 e. The number of hydrogen-bond acceptors (Lipinski definition) is 7. The van der Waals surface area contributed by atoms with Gasteiger partial charge in [0.15, 0.2) is 0 Å². The monoisotopic (exact) mass is 587 g/mol. The number of nitrogens with zero attached hydrogens (tertiary/aromatic N) is 3. The Bertz CT molecular complexity index is 775. The van der Waals surface area contributed by atoms with Crippen molar-refractivity contribution in [2.24, 2.45) is 0 Å². The summed E-state index contributed by atoms with van der Waals surface area (Å²) < 4.78 is 9.70. The quantitative estimate of drug-likeness (QED) is 0.0980. The maximum atomic E-state index is 11.9. The number of carbonyl (C=O) groups is 5. The Balaban J connectivity index is 0.00000480. The molecule has 0 aliphatic carbocycles. The zero-order valence-electron chi connectivity index (χ0n) is 18.5. The van der Waals surface area contributed by atoms with Crippen molar-refractivity contribution in [1.29, 1.82) is 0 Å². The zero-order valence-corrected chi connectivity index (χ0v) is 28.3. The number of imide groups is 1. The van der Waals surface area contributed by atoms with Gasteiger partial charge in [-0.3, -0.25) is 19.3 Å². The largest absolute Gasteiger partial charge is 1.00 e. The molecule has 0 N–H and O–H groups in total. The summed E-state index contributed by atoms with van der Waals surface area (Å²) in [5, 5.41) is 7.56. The fourth-order valence-corrected chi connectivity index (χ4v) is 2.54. The van der Waals surface area contributed by atoms with Crippen LogP contribution in [-0.2, 0) is 39.9 Å². The first kappa shape index (κ1) is 32.3. The molecule has 0 atom stereocenters. The molecule has 1 aromatic carbocycles. The average Bonchev–Trinajstić information content (AvgIpc) is 2.70. The second-order valence-corrected chi connectivity index (χ2v) is 6.42. The molecule has 162 valence electrons. The normalized spacial score (nSPS) is 11.9. The van der Waals surface area contributed by atoms with Crippen LogP contribution >= 0.6 is 0 Å². The van der Waals surface area contributed by atoms with Crippen molar-refractivity contribution in [3.63, 3.8) is 0 Å². The molecular formula is C20H23N3O7Rb2. The maximum absolute atomic E-state index is 11.9. The van der Waals surface area contributed by atoms with Gasteiger partial charge in [-0.1, -0.05) is 24.3 Å². The first-order valence-electron chi connectivity index (χ1n) is 9.49. The zero-order chi connectivity index (χ0) is 21.8. The van der Waals surface area contributed by atoms with Crippen molar-refractivity contribution in [2.75, 3.05) is 32.9 Å². The molecule has 1 aliphatic rings. The van der Waals surface area contributed by atoms with Crippen molar-refractivity contribution in [2.45, 2.75) is 25.7 Å². The van der Waals surface area contributed by atoms with E-state index in [-0.39, 0.29) is 154 Å². The van der Waals surface area contributed by atoms with Crippen LogP contribution in [0.3, 0.4) is 0 Å². The van der Waals surface area contributed by atoms with E-state index in [1.165, 1.54) is 4.90 Å². The van der Waals surface area contributed by atoms with E-state index >= 15 is 0 Å². The average molecular weight is 588 g/mol. The second kappa shape index (κ2) is 18.6. The van der Waals surface area contributed by atoms with E-state index in [4.69, 9.17) is 4.74 Å². The summed E-state index contributed by atoms with van der Waals surface area (Å²) >= 11 is 0. The molecule has 0 radical (unpaired) electrons. The Kier molecular flexibility index (Phi) is 18.8. The van der Waals surface area contributed by atoms with Crippen LogP contribution < -0.4 is 116 Å². The summed E-state index contributed by atoms with van der Waals surface area (Å²) in [4.78, 5) is 57.9. The van der Waals surface area contributed by atoms with Crippen molar-refractivity contribution in [1.82, 2.24) is 4.90 Å². The number of ether oxygens (including phenoxy) is 2. The van der Waals surface area contributed by atoms with Crippen LogP contribution in [-0.4, -0.2) is 67.9 Å². The van der Waals surface area contributed by atoms with Crippen molar-refractivity contribution >= 4 is 35.8 Å². The molecule has 1 aliphatic heterocycles. The van der Waals surface area contributed by atoms with Gasteiger partial charge in [-0.2, -0.15) is 0 Å². The third-order valence-electron chi connectivity index (χ3n) is 4.14. The Hall–Kier alpha value is 0.340. The molecule has 10 nitrogen and oxygen atoms in total. The summed E-state index contributed by atoms with van der Waals surface area (Å²) in [5.74, 6) is -1.62. The number of benzene rings is 1. The fourth-order valence-electron chi connectivity index (χ4n) is 2.54. The molecule has 4 amide bonds. The van der Waals surface area contributed by atoms with E-state index < -0.39 is 18.2 Å². The van der Waals surface area contributed by atoms with Gasteiger partial charge in [0, 0.05) is 39.0 Å². The summed E-state index contributed by atoms with van der Waals surface area (Å²) in [6.07, 6.45) is 0.614. The molecule has 0 saturated carbocycles. The Morgan fingerprint density at radius 3 is 2.34 bits per heavy atom. The molecule has 1 aromatic rings. The van der Waals surface area contributed by atoms with E-state index in [9.17, 15) is 24.0 Å². The van der Waals surface area contributed by atoms with Crippen LogP contribution in [0.5, 0.6) is 0 Å². The Labute approximate surface area is 284 Å². The van der Waals surface area contributed by atoms with Gasteiger partial charge in [0.05, 0.1) is 24.8 Å². The van der Waals surface area contributed by atoms with Gasteiger partial charge < -0.3 is 29.7 Å². The number of carbonyl (C=O) groups excluding carboxylic acids is 5. The summed E-state index contributed by atoms with van der Waals surface area (Å²) in [7, 11) is 0. The minimum absolute atomic E-state index is 0. The molecule has 32 heavy (non-hydrogen) atoms. The van der Waals surface area contributed by atoms with Gasteiger partial charge in [-0.15, -0.1) is 12.2 Å². The molecule has 2 rings (SSSR count). The molecule has 0 spiro atoms. The first-order valence-corrected chi connectivity index (χ1v) is 9.49. The summed E-state index contributed by atoms with van der Waals surface area (Å²) in [5.41, 5.74) is 1.07. The first-order chi connectivity index (χ1) is 14.5. The predicted octanol–water partition coefficient (Wildman–Crippen LogP) is -4.60. The van der Waals surface area contributed by atoms with Crippen molar-refractivity contribution in [3.05, 3.63) is 40.5 Å². The van der Waals surface area contributed by atoms with E-state index in [0.717, 1.165) is 0 Å². The van der Waals surface area contributed by atoms with Crippen LogP contribution in [0.1, 0.15) is 24.8 Å². The molecule has 1 heterocycles. The third-order valence-corrected chi connectivity index (χ3v) is 4.14. The minimum Gasteiger partial charge on any atom is -0.651 e. The predicted molar refractivity (Wildman–Crippen MR) is 105 cm³/mol. The van der Waals surface area contributed by atoms with Gasteiger partial charge >= 0.3 is 116 Å². The smallest absolute Gasteiger partial charge is 0.651 e. The molecule has 0 bridgehead atoms. The number of β-lactam (4-membered cyclic amide) rings is 1. The topological polar surface area (TPSA) is 135 Å². The van der Waals surface area contributed by atoms with Crippen LogP contribution in [0.2, 0.25) is 0 Å². The molecular weight excluding hydrogens is 565 g/mol. The SMILES string of the molecule is O=COCCCOCC[N-]C(=O)CC(=O)[N-]c1ccc(CC(=O)N2CCC2=O)cc1.[Rb+].[Rb+]. The van der Waals surface area contributed by atoms with Gasteiger partial charge in [0.25, 0.3) is 6.47 Å². The van der Waals surface area contributed by atoms with Gasteiger partial charge in [-0.25, -0.2) is 0 Å². The third kappa shape index (κ3) is 12.7. The Morgan fingerprint density at radius 2 is 1.75 bits per heavy atom. The number of rotatable bonds is 13. The van der Waals surface area contributed by atoms with Gasteiger partial charge in [0.2, 0.25) is 11.8 Å². The van der Waals surface area contributed by atoms with Crippen LogP contribution in [0.25, 0.3) is 10.6 Å². The van der Waals surface area contributed by atoms with Gasteiger partial charge in [0.1, 0.15) is 0 Å². The van der Waals surface area contributed by atoms with E-state index in [2.05, 4.69) is 15.4 Å². The number of amides is 4. The van der Waals surface area contributed by atoms with Crippen LogP contribution in [0.15, 0.2) is 24.3 Å². The minimum atomic E-state index is -0.620. The number of likely N-dealkylation sites (tertiary alicyclic amines) is 1. The molecule has 0 unspecified atom stereocenters. The number of hydrogen-bond donors (Lipinski definition) is 0. The van der Waals surface area contributed by atoms with Crippen molar-refractivity contribution in [3.8, 4) is 0 Å². The van der Waals surface area contributed by atoms with Crippen LogP contribution in [0, 0.1) is 0 Å². The Morgan fingerprint density at radius 1 is 1.03 bits per heavy atom. The molecule has 0 aromatic heterocycles. The van der Waals surface area contributed by atoms with Gasteiger partial charge in [-0.05, 0) is 5.56 Å². The standard InChI is InChI=1S/C20H25N3O7.2Rb/c24-14-30-10-1-9-29-11-7-21-17(25)13-18(26)22-16-4-2-15(3-5-16)12-20(28)23-8-6-19(23)27;;/h2-5,14H,1,6-13H2,(H2,21,22,25,26);;/q;2*+1/p-2. The van der Waals surface area contributed by atoms with E-state index in [1.807, 2.05) is 0 Å². The molecule has 1 fully saturated rings. The van der Waals surface area contributed by atoms with E-state index in [1.54, 1.807) is 24.3 Å². The van der Waals surface area contributed by atoms with Crippen LogP contribution in [0.4, 0.5) is 5.69 Å². The molecule has 1 saturated heterocycles. The summed E-state index contributed by atoms with van der Waals surface area (Å²) in [6.45, 7) is 1.82. The van der Waals surface area contributed by atoms with E-state index in [0.29, 0.717) is 43.7 Å².